The predicted molar refractivity (Wildman–Crippen MR) is 159 cm³/mol. The van der Waals surface area contributed by atoms with Crippen LogP contribution in [-0.2, 0) is 27.3 Å². The highest BCUT2D eigenvalue weighted by molar-refractivity contribution is 5.97. The molecule has 1 aromatic heterocycles. The summed E-state index contributed by atoms with van der Waals surface area (Å²) in [7, 11) is 0. The number of hydrogen-bond donors (Lipinski definition) is 1. The fraction of sp³-hybridized carbons (Fsp3) is 0.438. The minimum atomic E-state index is -0.625. The van der Waals surface area contributed by atoms with Crippen molar-refractivity contribution in [3.05, 3.63) is 77.5 Å². The monoisotopic (exact) mass is 562 g/mol. The molecule has 41 heavy (non-hydrogen) atoms. The Hall–Kier alpha value is -3.98. The number of hydrogen-bond acceptors (Lipinski definition) is 6. The fourth-order valence-corrected chi connectivity index (χ4v) is 4.15. The van der Waals surface area contributed by atoms with E-state index < -0.39 is 17.3 Å². The number of aromatic nitrogens is 1. The Morgan fingerprint density at radius 1 is 0.927 bits per heavy atom. The average Bonchev–Trinajstić information content (AvgIpc) is 2.90. The zero-order valence-electron chi connectivity index (χ0n) is 25.0. The van der Waals surface area contributed by atoms with Crippen molar-refractivity contribution in [3.63, 3.8) is 0 Å². The normalized spacial score (nSPS) is 11.7. The maximum Gasteiger partial charge on any atom is 0.410 e. The standard InChI is InChI=1S/C32H42N4O5/c1-31(2,3)40-30(39)35(20-18-34-29(38)27-15-16-28-26(21-27)10-7-17-33-28)19-8-9-24-11-13-25(14-12-24)22-36(23-37)41-32(4,5)6/h7,10-17,21,23H,8-9,18-20,22H2,1-6H3,(H,34,38). The first kappa shape index (κ1) is 31.5. The van der Waals surface area contributed by atoms with Crippen molar-refractivity contribution < 1.29 is 24.0 Å². The van der Waals surface area contributed by atoms with E-state index in [-0.39, 0.29) is 5.91 Å². The molecule has 0 atom stereocenters. The number of nitrogens with one attached hydrogen (secondary N) is 1. The molecule has 0 aliphatic rings. The van der Waals surface area contributed by atoms with Crippen LogP contribution in [0, 0.1) is 0 Å². The van der Waals surface area contributed by atoms with Gasteiger partial charge in [-0.15, -0.1) is 0 Å². The topological polar surface area (TPSA) is 101 Å². The third-order valence-electron chi connectivity index (χ3n) is 5.95. The number of ether oxygens (including phenoxy) is 1. The molecule has 3 aromatic rings. The van der Waals surface area contributed by atoms with Crippen molar-refractivity contribution in [1.29, 1.82) is 0 Å². The molecule has 0 fully saturated rings. The van der Waals surface area contributed by atoms with Gasteiger partial charge in [-0.2, -0.15) is 0 Å². The second-order valence-electron chi connectivity index (χ2n) is 11.9. The van der Waals surface area contributed by atoms with Crippen molar-refractivity contribution >= 4 is 29.3 Å². The fourth-order valence-electron chi connectivity index (χ4n) is 4.15. The number of carbonyl (C=O) groups excluding carboxylic acids is 3. The Morgan fingerprint density at radius 3 is 2.29 bits per heavy atom. The van der Waals surface area contributed by atoms with E-state index in [1.165, 1.54) is 5.06 Å². The zero-order valence-corrected chi connectivity index (χ0v) is 25.0. The van der Waals surface area contributed by atoms with Crippen LogP contribution in [0.25, 0.3) is 10.9 Å². The highest BCUT2D eigenvalue weighted by Crippen LogP contribution is 2.16. The summed E-state index contributed by atoms with van der Waals surface area (Å²) in [5.74, 6) is -0.207. The van der Waals surface area contributed by atoms with Crippen LogP contribution >= 0.6 is 0 Å². The lowest BCUT2D eigenvalue weighted by atomic mass is 10.1. The molecule has 0 radical (unpaired) electrons. The lowest BCUT2D eigenvalue weighted by molar-refractivity contribution is -0.220. The summed E-state index contributed by atoms with van der Waals surface area (Å²) in [5.41, 5.74) is 2.36. The summed E-state index contributed by atoms with van der Waals surface area (Å²) in [5, 5.41) is 5.10. The molecular weight excluding hydrogens is 520 g/mol. The second kappa shape index (κ2) is 14.1. The van der Waals surface area contributed by atoms with E-state index in [4.69, 9.17) is 9.57 Å². The Kier molecular flexibility index (Phi) is 10.8. The Labute approximate surface area is 242 Å². The molecule has 3 amide bonds. The number of fused-ring (bicyclic) bond motifs is 1. The summed E-state index contributed by atoms with van der Waals surface area (Å²) in [6.45, 7) is 12.6. The van der Waals surface area contributed by atoms with Gasteiger partial charge in [0.05, 0.1) is 17.7 Å². The van der Waals surface area contributed by atoms with Gasteiger partial charge in [-0.05, 0) is 89.8 Å². The van der Waals surface area contributed by atoms with E-state index in [0.717, 1.165) is 34.9 Å². The van der Waals surface area contributed by atoms with Crippen molar-refractivity contribution in [2.75, 3.05) is 19.6 Å². The van der Waals surface area contributed by atoms with Gasteiger partial charge in [-0.1, -0.05) is 30.3 Å². The van der Waals surface area contributed by atoms with E-state index >= 15 is 0 Å². The van der Waals surface area contributed by atoms with Gasteiger partial charge < -0.3 is 15.0 Å². The number of nitrogens with zero attached hydrogens (tertiary/aromatic N) is 3. The molecular formula is C32H42N4O5. The molecule has 0 unspecified atom stereocenters. The average molecular weight is 563 g/mol. The zero-order chi connectivity index (χ0) is 30.0. The lowest BCUT2D eigenvalue weighted by Gasteiger charge is -2.27. The maximum atomic E-state index is 12.9. The van der Waals surface area contributed by atoms with E-state index in [1.807, 2.05) is 90.1 Å². The first-order valence-corrected chi connectivity index (χ1v) is 13.9. The van der Waals surface area contributed by atoms with Crippen molar-refractivity contribution in [2.24, 2.45) is 0 Å². The molecule has 220 valence electrons. The number of benzene rings is 2. The Balaban J connectivity index is 1.54. The Morgan fingerprint density at radius 2 is 1.63 bits per heavy atom. The van der Waals surface area contributed by atoms with Gasteiger partial charge in [0.25, 0.3) is 5.91 Å². The molecule has 0 saturated heterocycles. The minimum Gasteiger partial charge on any atom is -0.444 e. The molecule has 1 N–H and O–H groups in total. The van der Waals surface area contributed by atoms with Crippen LogP contribution in [0.15, 0.2) is 60.8 Å². The van der Waals surface area contributed by atoms with Crippen LogP contribution < -0.4 is 5.32 Å². The highest BCUT2D eigenvalue weighted by atomic mass is 16.7. The first-order chi connectivity index (χ1) is 19.3. The van der Waals surface area contributed by atoms with Gasteiger partial charge in [-0.3, -0.25) is 19.4 Å². The summed E-state index contributed by atoms with van der Waals surface area (Å²) >= 11 is 0. The molecule has 0 saturated carbocycles. The SMILES string of the molecule is CC(C)(C)OC(=O)N(CCCc1ccc(CN(C=O)OC(C)(C)C)cc1)CCNC(=O)c1ccc2ncccc2c1. The first-order valence-electron chi connectivity index (χ1n) is 13.9. The summed E-state index contributed by atoms with van der Waals surface area (Å²) < 4.78 is 5.61. The highest BCUT2D eigenvalue weighted by Gasteiger charge is 2.22. The third kappa shape index (κ3) is 10.8. The van der Waals surface area contributed by atoms with Crippen molar-refractivity contribution in [1.82, 2.24) is 20.3 Å². The summed E-state index contributed by atoms with van der Waals surface area (Å²) in [6, 6.07) is 17.1. The molecule has 1 heterocycles. The summed E-state index contributed by atoms with van der Waals surface area (Å²) in [6.07, 6.45) is 3.47. The van der Waals surface area contributed by atoms with Gasteiger partial charge in [0.1, 0.15) is 5.60 Å². The molecule has 0 spiro atoms. The number of rotatable bonds is 12. The van der Waals surface area contributed by atoms with E-state index in [2.05, 4.69) is 10.3 Å². The van der Waals surface area contributed by atoms with Gasteiger partial charge in [0.2, 0.25) is 6.41 Å². The maximum absolute atomic E-state index is 12.9. The van der Waals surface area contributed by atoms with Crippen LogP contribution in [0.2, 0.25) is 0 Å². The van der Waals surface area contributed by atoms with Crippen LogP contribution in [0.3, 0.4) is 0 Å². The molecule has 0 bridgehead atoms. The van der Waals surface area contributed by atoms with Crippen molar-refractivity contribution in [2.45, 2.75) is 72.1 Å². The van der Waals surface area contributed by atoms with Crippen molar-refractivity contribution in [3.8, 4) is 0 Å². The molecule has 0 aliphatic carbocycles. The van der Waals surface area contributed by atoms with Gasteiger partial charge in [0.15, 0.2) is 0 Å². The van der Waals surface area contributed by atoms with E-state index in [9.17, 15) is 14.4 Å². The lowest BCUT2D eigenvalue weighted by Crippen LogP contribution is -2.42. The molecule has 3 rings (SSSR count). The van der Waals surface area contributed by atoms with Crippen LogP contribution in [0.4, 0.5) is 4.79 Å². The minimum absolute atomic E-state index is 0.207. The van der Waals surface area contributed by atoms with E-state index in [0.29, 0.717) is 38.2 Å². The molecule has 2 aromatic carbocycles. The van der Waals surface area contributed by atoms with E-state index in [1.54, 1.807) is 17.2 Å². The second-order valence-corrected chi connectivity index (χ2v) is 11.9. The summed E-state index contributed by atoms with van der Waals surface area (Å²) in [4.78, 5) is 48.6. The molecule has 9 nitrogen and oxygen atoms in total. The number of carbonyl (C=O) groups is 3. The number of pyridine rings is 1. The molecule has 0 aliphatic heterocycles. The third-order valence-corrected chi connectivity index (χ3v) is 5.95. The van der Waals surface area contributed by atoms with Crippen LogP contribution in [-0.4, -0.2) is 64.2 Å². The van der Waals surface area contributed by atoms with Crippen LogP contribution in [0.1, 0.15) is 69.4 Å². The molecule has 9 heteroatoms. The van der Waals surface area contributed by atoms with Gasteiger partial charge >= 0.3 is 6.09 Å². The predicted octanol–water partition coefficient (Wildman–Crippen LogP) is 5.52. The number of aryl methyl sites for hydroxylation is 1. The quantitative estimate of drug-likeness (QED) is 0.230. The van der Waals surface area contributed by atoms with Gasteiger partial charge in [0, 0.05) is 36.8 Å². The van der Waals surface area contributed by atoms with Gasteiger partial charge in [-0.25, -0.2) is 9.86 Å². The Bertz CT molecular complexity index is 1310. The number of hydroxylamine groups is 2. The largest absolute Gasteiger partial charge is 0.444 e. The van der Waals surface area contributed by atoms with Crippen LogP contribution in [0.5, 0.6) is 0 Å². The number of amides is 3. The smallest absolute Gasteiger partial charge is 0.410 e.